The van der Waals surface area contributed by atoms with Crippen molar-refractivity contribution in [3.63, 3.8) is 0 Å². The number of imidazole rings is 1. The molecular weight excluding hydrogens is 352 g/mol. The van der Waals surface area contributed by atoms with Gasteiger partial charge in [0.15, 0.2) is 0 Å². The molecule has 3 heterocycles. The Hall–Kier alpha value is -2.63. The summed E-state index contributed by atoms with van der Waals surface area (Å²) in [5.41, 5.74) is 2.43. The molecule has 0 N–H and O–H groups in total. The molecule has 2 aromatic rings. The number of rotatable bonds is 5. The van der Waals surface area contributed by atoms with Gasteiger partial charge in [0, 0.05) is 56.2 Å². The van der Waals surface area contributed by atoms with Gasteiger partial charge in [-0.25, -0.2) is 4.98 Å². The van der Waals surface area contributed by atoms with Crippen molar-refractivity contribution in [1.29, 1.82) is 0 Å². The van der Waals surface area contributed by atoms with Gasteiger partial charge in [0.05, 0.1) is 6.33 Å². The smallest absolute Gasteiger partial charge is 0.254 e. The number of nitrogens with zero attached hydrogens (tertiary/aromatic N) is 4. The summed E-state index contributed by atoms with van der Waals surface area (Å²) >= 11 is 0. The van der Waals surface area contributed by atoms with Crippen LogP contribution in [0, 0.1) is 0 Å². The number of hydrogen-bond acceptors (Lipinski definition) is 3. The van der Waals surface area contributed by atoms with E-state index >= 15 is 0 Å². The van der Waals surface area contributed by atoms with Gasteiger partial charge < -0.3 is 14.4 Å². The van der Waals surface area contributed by atoms with E-state index in [1.54, 1.807) is 12.5 Å². The van der Waals surface area contributed by atoms with Crippen molar-refractivity contribution in [3.05, 3.63) is 53.6 Å². The van der Waals surface area contributed by atoms with Gasteiger partial charge in [0.25, 0.3) is 11.8 Å². The Kier molecular flexibility index (Phi) is 5.74. The van der Waals surface area contributed by atoms with Crippen molar-refractivity contribution >= 4 is 11.8 Å². The van der Waals surface area contributed by atoms with Gasteiger partial charge in [0.1, 0.15) is 0 Å². The van der Waals surface area contributed by atoms with Gasteiger partial charge in [-0.15, -0.1) is 0 Å². The molecule has 0 unspecified atom stereocenters. The Morgan fingerprint density at radius 1 is 1.04 bits per heavy atom. The van der Waals surface area contributed by atoms with Gasteiger partial charge in [-0.1, -0.05) is 19.3 Å². The third-order valence-electron chi connectivity index (χ3n) is 5.78. The number of carbonyl (C=O) groups is 2. The molecule has 1 aromatic heterocycles. The zero-order valence-corrected chi connectivity index (χ0v) is 16.3. The minimum atomic E-state index is 0.0749. The second-order valence-corrected chi connectivity index (χ2v) is 7.81. The molecule has 2 aliphatic heterocycles. The van der Waals surface area contributed by atoms with E-state index in [1.165, 1.54) is 19.3 Å². The van der Waals surface area contributed by atoms with Crippen LogP contribution < -0.4 is 0 Å². The highest BCUT2D eigenvalue weighted by atomic mass is 16.2. The monoisotopic (exact) mass is 380 g/mol. The van der Waals surface area contributed by atoms with E-state index in [9.17, 15) is 9.59 Å². The number of hydrogen-bond donors (Lipinski definition) is 0. The molecule has 28 heavy (non-hydrogen) atoms. The molecule has 1 saturated heterocycles. The van der Waals surface area contributed by atoms with Crippen molar-refractivity contribution in [1.82, 2.24) is 19.4 Å². The fraction of sp³-hybridized carbons (Fsp3) is 0.500. The number of aromatic nitrogens is 2. The van der Waals surface area contributed by atoms with Crippen molar-refractivity contribution in [2.75, 3.05) is 19.6 Å². The van der Waals surface area contributed by atoms with Crippen LogP contribution in [0.15, 0.2) is 36.9 Å². The van der Waals surface area contributed by atoms with Crippen molar-refractivity contribution < 1.29 is 9.59 Å². The summed E-state index contributed by atoms with van der Waals surface area (Å²) in [5.74, 6) is 0.182. The molecule has 148 valence electrons. The highest BCUT2D eigenvalue weighted by Gasteiger charge is 2.28. The third-order valence-corrected chi connectivity index (χ3v) is 5.78. The number of carbonyl (C=O) groups excluding carboxylic acids is 2. The second kappa shape index (κ2) is 8.59. The molecule has 0 spiro atoms. The van der Waals surface area contributed by atoms with Gasteiger partial charge in [0.2, 0.25) is 0 Å². The Morgan fingerprint density at radius 3 is 2.57 bits per heavy atom. The number of aryl methyl sites for hydroxylation is 1. The van der Waals surface area contributed by atoms with Crippen molar-refractivity contribution in [3.8, 4) is 0 Å². The summed E-state index contributed by atoms with van der Waals surface area (Å²) in [6.07, 6.45) is 12.2. The predicted molar refractivity (Wildman–Crippen MR) is 107 cm³/mol. The highest BCUT2D eigenvalue weighted by molar-refractivity contribution is 6.01. The molecule has 6 heteroatoms. The molecule has 0 aliphatic carbocycles. The first-order valence-electron chi connectivity index (χ1n) is 10.4. The van der Waals surface area contributed by atoms with Crippen molar-refractivity contribution in [2.45, 2.75) is 51.6 Å². The van der Waals surface area contributed by atoms with E-state index in [4.69, 9.17) is 0 Å². The normalized spacial score (nSPS) is 17.4. The highest BCUT2D eigenvalue weighted by Crippen LogP contribution is 2.25. The number of benzene rings is 1. The first kappa shape index (κ1) is 18.7. The van der Waals surface area contributed by atoms with Gasteiger partial charge in [-0.05, 0) is 43.0 Å². The molecule has 4 rings (SSSR count). The van der Waals surface area contributed by atoms with E-state index in [0.717, 1.165) is 50.0 Å². The summed E-state index contributed by atoms with van der Waals surface area (Å²) < 4.78 is 2.02. The van der Waals surface area contributed by atoms with E-state index < -0.39 is 0 Å². The fourth-order valence-electron chi connectivity index (χ4n) is 4.19. The summed E-state index contributed by atoms with van der Waals surface area (Å²) in [6, 6.07) is 5.60. The SMILES string of the molecule is O=C(c1ccc2c(c1)CN(CCCn1ccnc1)C2=O)N1CCCCCCC1. The molecule has 1 aromatic carbocycles. The van der Waals surface area contributed by atoms with Gasteiger partial charge in [-0.2, -0.15) is 0 Å². The molecule has 0 radical (unpaired) electrons. The average molecular weight is 380 g/mol. The third kappa shape index (κ3) is 4.11. The lowest BCUT2D eigenvalue weighted by Crippen LogP contribution is -2.33. The quantitative estimate of drug-likeness (QED) is 0.799. The van der Waals surface area contributed by atoms with Crippen LogP contribution in [0.1, 0.15) is 64.8 Å². The molecular formula is C22H28N4O2. The molecule has 0 atom stereocenters. The summed E-state index contributed by atoms with van der Waals surface area (Å²) in [5, 5.41) is 0. The molecule has 1 fully saturated rings. The maximum atomic E-state index is 12.9. The summed E-state index contributed by atoms with van der Waals surface area (Å²) in [7, 11) is 0. The first-order valence-corrected chi connectivity index (χ1v) is 10.4. The van der Waals surface area contributed by atoms with Gasteiger partial charge in [-0.3, -0.25) is 9.59 Å². The van der Waals surface area contributed by atoms with Crippen LogP contribution in [0.25, 0.3) is 0 Å². The maximum absolute atomic E-state index is 12.9. The molecule has 0 saturated carbocycles. The second-order valence-electron chi connectivity index (χ2n) is 7.81. The lowest BCUT2D eigenvalue weighted by molar-refractivity contribution is 0.0741. The number of fused-ring (bicyclic) bond motifs is 1. The van der Waals surface area contributed by atoms with Crippen LogP contribution in [-0.4, -0.2) is 50.8 Å². The van der Waals surface area contributed by atoms with Crippen LogP contribution in [0.3, 0.4) is 0 Å². The van der Waals surface area contributed by atoms with Crippen LogP contribution in [-0.2, 0) is 13.1 Å². The zero-order chi connectivity index (χ0) is 19.3. The minimum Gasteiger partial charge on any atom is -0.339 e. The molecule has 0 bridgehead atoms. The van der Waals surface area contributed by atoms with Gasteiger partial charge >= 0.3 is 0 Å². The lowest BCUT2D eigenvalue weighted by Gasteiger charge is -2.25. The van der Waals surface area contributed by atoms with Crippen LogP contribution >= 0.6 is 0 Å². The minimum absolute atomic E-state index is 0.0749. The number of amides is 2. The Bertz CT molecular complexity index is 823. The van der Waals surface area contributed by atoms with Crippen LogP contribution in [0.5, 0.6) is 0 Å². The van der Waals surface area contributed by atoms with E-state index in [0.29, 0.717) is 18.7 Å². The predicted octanol–water partition coefficient (Wildman–Crippen LogP) is 3.34. The molecule has 2 amide bonds. The van der Waals surface area contributed by atoms with Crippen LogP contribution in [0.2, 0.25) is 0 Å². The Labute approximate surface area is 166 Å². The van der Waals surface area contributed by atoms with E-state index in [2.05, 4.69) is 4.98 Å². The largest absolute Gasteiger partial charge is 0.339 e. The Morgan fingerprint density at radius 2 is 1.82 bits per heavy atom. The van der Waals surface area contributed by atoms with Crippen LogP contribution in [0.4, 0.5) is 0 Å². The van der Waals surface area contributed by atoms with Crippen molar-refractivity contribution in [2.24, 2.45) is 0 Å². The fourth-order valence-corrected chi connectivity index (χ4v) is 4.19. The standard InChI is InChI=1S/C22H28N4O2/c27-21(25-11-4-2-1-3-5-12-25)18-7-8-20-19(15-18)16-26(22(20)28)13-6-10-24-14-9-23-17-24/h7-9,14-15,17H,1-6,10-13,16H2. The van der Waals surface area contributed by atoms with E-state index in [1.807, 2.05) is 38.8 Å². The molecule has 2 aliphatic rings. The number of likely N-dealkylation sites (tertiary alicyclic amines) is 1. The molecule has 6 nitrogen and oxygen atoms in total. The summed E-state index contributed by atoms with van der Waals surface area (Å²) in [4.78, 5) is 33.5. The first-order chi connectivity index (χ1) is 13.7. The zero-order valence-electron chi connectivity index (χ0n) is 16.3. The lowest BCUT2D eigenvalue weighted by atomic mass is 10.0. The maximum Gasteiger partial charge on any atom is 0.254 e. The Balaban J connectivity index is 1.39. The average Bonchev–Trinajstić information content (AvgIpc) is 3.29. The summed E-state index contributed by atoms with van der Waals surface area (Å²) in [6.45, 7) is 3.84. The van der Waals surface area contributed by atoms with E-state index in [-0.39, 0.29) is 11.8 Å². The topological polar surface area (TPSA) is 58.4 Å².